The number of aromatic nitrogens is 2. The second-order valence-corrected chi connectivity index (χ2v) is 15.4. The molecule has 0 atom stereocenters. The van der Waals surface area contributed by atoms with Crippen molar-refractivity contribution in [1.82, 2.24) is 9.97 Å². The number of benzene rings is 3. The maximum atomic E-state index is 6.39. The van der Waals surface area contributed by atoms with E-state index in [1.54, 1.807) is 0 Å². The molecule has 3 aromatic heterocycles. The van der Waals surface area contributed by atoms with Gasteiger partial charge in [0.25, 0.3) is 0 Å². The van der Waals surface area contributed by atoms with E-state index in [2.05, 4.69) is 78.1 Å². The van der Waals surface area contributed by atoms with Crippen LogP contribution in [0.15, 0.2) is 95.7 Å². The van der Waals surface area contributed by atoms with Crippen LogP contribution in [-0.4, -0.2) is 18.0 Å². The Morgan fingerprint density at radius 2 is 1.34 bits per heavy atom. The summed E-state index contributed by atoms with van der Waals surface area (Å²) in [4.78, 5) is 8.87. The molecule has 0 amide bonds. The van der Waals surface area contributed by atoms with E-state index in [0.717, 1.165) is 44.6 Å². The minimum atomic E-state index is -1.48. The van der Waals surface area contributed by atoms with Gasteiger partial charge in [0, 0.05) is 37.9 Å². The van der Waals surface area contributed by atoms with Gasteiger partial charge in [-0.2, -0.15) is 0 Å². The molecule has 3 aromatic carbocycles. The summed E-state index contributed by atoms with van der Waals surface area (Å²) in [6.07, 6.45) is 3.76. The van der Waals surface area contributed by atoms with Crippen LogP contribution >= 0.6 is 0 Å². The third kappa shape index (κ3) is 5.86. The third-order valence-electron chi connectivity index (χ3n) is 6.33. The molecule has 0 unspecified atom stereocenters. The first-order valence-electron chi connectivity index (χ1n) is 12.5. The molecule has 3 heterocycles. The zero-order chi connectivity index (χ0) is 26.0. The van der Waals surface area contributed by atoms with E-state index < -0.39 is 8.07 Å². The summed E-state index contributed by atoms with van der Waals surface area (Å²) in [5, 5.41) is 3.69. The Morgan fingerprint density at radius 1 is 0.658 bits per heavy atom. The van der Waals surface area contributed by atoms with Gasteiger partial charge in [0.1, 0.15) is 5.58 Å². The number of pyridine rings is 2. The van der Waals surface area contributed by atoms with Crippen LogP contribution in [0.4, 0.5) is 0 Å². The molecule has 0 N–H and O–H groups in total. The number of hydrogen-bond donors (Lipinski definition) is 0. The van der Waals surface area contributed by atoms with Crippen molar-refractivity contribution < 1.29 is 24.5 Å². The van der Waals surface area contributed by atoms with E-state index in [4.69, 9.17) is 4.42 Å². The molecule has 0 aliphatic rings. The first-order valence-corrected chi connectivity index (χ1v) is 16.0. The summed E-state index contributed by atoms with van der Waals surface area (Å²) in [5.41, 5.74) is 8.10. The second-order valence-electron chi connectivity index (χ2n) is 10.3. The van der Waals surface area contributed by atoms with Crippen molar-refractivity contribution in [3.63, 3.8) is 0 Å². The fourth-order valence-electron chi connectivity index (χ4n) is 4.34. The number of fused-ring (bicyclic) bond motifs is 3. The maximum absolute atomic E-state index is 6.39. The SMILES string of the molecule is Cc1ccc(-c2[c-]ccc3c2oc2c([Si](C)(C)C)cccc23)nc1.Cc1ccc(-c2[c-]cccc2)nc1.[Ir]. The molecule has 193 valence electrons. The average molecular weight is 691 g/mol. The zero-order valence-corrected chi connectivity index (χ0v) is 25.7. The summed E-state index contributed by atoms with van der Waals surface area (Å²) in [5.74, 6) is 0. The predicted octanol–water partition coefficient (Wildman–Crippen LogP) is 8.16. The summed E-state index contributed by atoms with van der Waals surface area (Å²) in [6.45, 7) is 11.1. The Balaban J connectivity index is 0.000000204. The van der Waals surface area contributed by atoms with Gasteiger partial charge in [-0.05, 0) is 41.5 Å². The van der Waals surface area contributed by atoms with E-state index in [0.29, 0.717) is 0 Å². The second kappa shape index (κ2) is 11.6. The van der Waals surface area contributed by atoms with Crippen molar-refractivity contribution in [2.75, 3.05) is 0 Å². The average Bonchev–Trinajstić information content (AvgIpc) is 3.29. The molecular weight excluding hydrogens is 661 g/mol. The third-order valence-corrected chi connectivity index (χ3v) is 8.34. The van der Waals surface area contributed by atoms with Gasteiger partial charge in [-0.25, -0.2) is 0 Å². The number of hydrogen-bond acceptors (Lipinski definition) is 3. The van der Waals surface area contributed by atoms with E-state index in [1.807, 2.05) is 68.7 Å². The molecule has 0 fully saturated rings. The molecule has 38 heavy (non-hydrogen) atoms. The topological polar surface area (TPSA) is 38.9 Å². The van der Waals surface area contributed by atoms with Crippen LogP contribution < -0.4 is 5.19 Å². The summed E-state index contributed by atoms with van der Waals surface area (Å²) < 4.78 is 6.39. The molecule has 0 saturated heterocycles. The Hall–Kier alpha value is -3.37. The number of rotatable bonds is 3. The molecule has 0 saturated carbocycles. The number of aryl methyl sites for hydroxylation is 2. The smallest absolute Gasteiger partial charge is 0.120 e. The molecule has 1 radical (unpaired) electrons. The molecule has 0 aliphatic heterocycles. The van der Waals surface area contributed by atoms with Crippen LogP contribution in [0.1, 0.15) is 11.1 Å². The quantitative estimate of drug-likeness (QED) is 0.139. The Kier molecular flexibility index (Phi) is 8.42. The van der Waals surface area contributed by atoms with E-state index in [1.165, 1.54) is 16.1 Å². The Labute approximate surface area is 239 Å². The van der Waals surface area contributed by atoms with E-state index in [-0.39, 0.29) is 20.1 Å². The van der Waals surface area contributed by atoms with E-state index >= 15 is 0 Å². The summed E-state index contributed by atoms with van der Waals surface area (Å²) in [6, 6.07) is 33.1. The normalized spacial score (nSPS) is 11.1. The van der Waals surface area contributed by atoms with Crippen molar-refractivity contribution in [2.45, 2.75) is 33.5 Å². The fraction of sp³-hybridized carbons (Fsp3) is 0.152. The molecule has 0 bridgehead atoms. The van der Waals surface area contributed by atoms with Crippen LogP contribution in [0, 0.1) is 26.0 Å². The minimum Gasteiger partial charge on any atom is -0.501 e. The van der Waals surface area contributed by atoms with Crippen molar-refractivity contribution in [3.05, 3.63) is 115 Å². The van der Waals surface area contributed by atoms with Crippen molar-refractivity contribution >= 4 is 35.2 Å². The molecule has 6 rings (SSSR count). The van der Waals surface area contributed by atoms with Crippen LogP contribution in [0.2, 0.25) is 19.6 Å². The fourth-order valence-corrected chi connectivity index (χ4v) is 5.80. The van der Waals surface area contributed by atoms with Gasteiger partial charge in [0.2, 0.25) is 0 Å². The Bertz CT molecular complexity index is 1650. The molecular formula is C33H30IrN2OSi-2. The largest absolute Gasteiger partial charge is 0.501 e. The monoisotopic (exact) mass is 691 g/mol. The van der Waals surface area contributed by atoms with Gasteiger partial charge in [-0.15, -0.1) is 54.1 Å². The number of furan rings is 1. The van der Waals surface area contributed by atoms with Gasteiger partial charge in [0.15, 0.2) is 0 Å². The predicted molar refractivity (Wildman–Crippen MR) is 157 cm³/mol. The van der Waals surface area contributed by atoms with Gasteiger partial charge in [-0.3, -0.25) is 0 Å². The van der Waals surface area contributed by atoms with Gasteiger partial charge in [-0.1, -0.05) is 73.1 Å². The standard InChI is InChI=1S/C21H20NOSi.C12H10N.Ir/c1-14-11-12-18(22-13-14)17-9-5-7-15-16-8-6-10-19(24(2,3)4)21(16)23-20(15)17;1-10-7-8-12(13-9-10)11-5-3-2-4-6-11;/h5-8,10-13H,1-4H3;2-5,7-9H,1H3;/q2*-1;. The van der Waals surface area contributed by atoms with Gasteiger partial charge >= 0.3 is 0 Å². The van der Waals surface area contributed by atoms with Gasteiger partial charge in [0.05, 0.1) is 13.7 Å². The molecule has 5 heteroatoms. The minimum absolute atomic E-state index is 0. The number of nitrogens with zero attached hydrogens (tertiary/aromatic N) is 2. The molecule has 0 spiro atoms. The molecule has 3 nitrogen and oxygen atoms in total. The van der Waals surface area contributed by atoms with Crippen LogP contribution in [0.3, 0.4) is 0 Å². The van der Waals surface area contributed by atoms with Crippen LogP contribution in [0.25, 0.3) is 44.5 Å². The first kappa shape index (κ1) is 27.7. The maximum Gasteiger partial charge on any atom is 0.120 e. The van der Waals surface area contributed by atoms with E-state index in [9.17, 15) is 0 Å². The van der Waals surface area contributed by atoms with Crippen LogP contribution in [-0.2, 0) is 20.1 Å². The Morgan fingerprint density at radius 3 is 1.95 bits per heavy atom. The van der Waals surface area contributed by atoms with Crippen molar-refractivity contribution in [1.29, 1.82) is 0 Å². The zero-order valence-electron chi connectivity index (χ0n) is 22.3. The van der Waals surface area contributed by atoms with Crippen LogP contribution in [0.5, 0.6) is 0 Å². The van der Waals surface area contributed by atoms with Gasteiger partial charge < -0.3 is 14.4 Å². The van der Waals surface area contributed by atoms with Crippen molar-refractivity contribution in [3.8, 4) is 22.5 Å². The number of para-hydroxylation sites is 1. The summed E-state index contributed by atoms with van der Waals surface area (Å²) in [7, 11) is -1.48. The molecule has 6 aromatic rings. The first-order chi connectivity index (χ1) is 17.8. The summed E-state index contributed by atoms with van der Waals surface area (Å²) >= 11 is 0. The molecule has 0 aliphatic carbocycles. The van der Waals surface area contributed by atoms with Crippen molar-refractivity contribution in [2.24, 2.45) is 0 Å².